The molecule has 18 heavy (non-hydrogen) atoms. The van der Waals surface area contributed by atoms with Crippen LogP contribution in [0.3, 0.4) is 0 Å². The molecule has 1 aliphatic rings. The minimum Gasteiger partial charge on any atom is -0.494 e. The first-order chi connectivity index (χ1) is 8.84. The van der Waals surface area contributed by atoms with Crippen molar-refractivity contribution in [3.05, 3.63) is 28.7 Å². The normalized spacial score (nSPS) is 16.7. The molecule has 1 heterocycles. The van der Waals surface area contributed by atoms with E-state index < -0.39 is 0 Å². The van der Waals surface area contributed by atoms with Crippen molar-refractivity contribution in [3.8, 4) is 5.75 Å². The quantitative estimate of drug-likeness (QED) is 0.802. The van der Waals surface area contributed by atoms with Crippen molar-refractivity contribution in [2.45, 2.75) is 32.1 Å². The van der Waals surface area contributed by atoms with Gasteiger partial charge in [-0.15, -0.1) is 0 Å². The van der Waals surface area contributed by atoms with Crippen molar-refractivity contribution >= 4 is 15.9 Å². The molecule has 0 radical (unpaired) electrons. The largest absolute Gasteiger partial charge is 0.494 e. The number of halogens is 1. The molecule has 1 aromatic rings. The fourth-order valence-corrected chi connectivity index (χ4v) is 2.83. The highest BCUT2D eigenvalue weighted by Gasteiger charge is 2.11. The third-order valence-corrected chi connectivity index (χ3v) is 4.02. The molecule has 1 fully saturated rings. The Bertz CT molecular complexity index is 350. The molecule has 0 saturated carbocycles. The SMILES string of the molecule is Brc1cccc(OCCCCC2CCNCC2)c1. The highest BCUT2D eigenvalue weighted by molar-refractivity contribution is 9.10. The fourth-order valence-electron chi connectivity index (χ4n) is 2.45. The Morgan fingerprint density at radius 1 is 1.22 bits per heavy atom. The number of hydrogen-bond donors (Lipinski definition) is 1. The van der Waals surface area contributed by atoms with Crippen LogP contribution in [0.1, 0.15) is 32.1 Å². The summed E-state index contributed by atoms with van der Waals surface area (Å²) in [5.74, 6) is 1.91. The lowest BCUT2D eigenvalue weighted by Gasteiger charge is -2.22. The second-order valence-corrected chi connectivity index (χ2v) is 5.91. The number of ether oxygens (including phenoxy) is 1. The van der Waals surface area contributed by atoms with Crippen molar-refractivity contribution in [1.82, 2.24) is 5.32 Å². The maximum atomic E-state index is 5.73. The van der Waals surface area contributed by atoms with Crippen LogP contribution in [-0.4, -0.2) is 19.7 Å². The van der Waals surface area contributed by atoms with Gasteiger partial charge in [-0.05, 0) is 62.9 Å². The Hall–Kier alpha value is -0.540. The summed E-state index contributed by atoms with van der Waals surface area (Å²) in [6, 6.07) is 8.06. The summed E-state index contributed by atoms with van der Waals surface area (Å²) in [5.41, 5.74) is 0. The lowest BCUT2D eigenvalue weighted by molar-refractivity contribution is 0.287. The highest BCUT2D eigenvalue weighted by Crippen LogP contribution is 2.20. The molecule has 100 valence electrons. The van der Waals surface area contributed by atoms with E-state index in [4.69, 9.17) is 4.74 Å². The molecule has 1 saturated heterocycles. The molecule has 0 atom stereocenters. The van der Waals surface area contributed by atoms with Gasteiger partial charge in [-0.25, -0.2) is 0 Å². The summed E-state index contributed by atoms with van der Waals surface area (Å²) < 4.78 is 6.81. The van der Waals surface area contributed by atoms with Crippen LogP contribution < -0.4 is 10.1 Å². The maximum absolute atomic E-state index is 5.73. The molecule has 3 heteroatoms. The van der Waals surface area contributed by atoms with Gasteiger partial charge in [-0.3, -0.25) is 0 Å². The van der Waals surface area contributed by atoms with E-state index in [0.29, 0.717) is 0 Å². The van der Waals surface area contributed by atoms with Crippen LogP contribution in [0.2, 0.25) is 0 Å². The van der Waals surface area contributed by atoms with Gasteiger partial charge in [-0.2, -0.15) is 0 Å². The monoisotopic (exact) mass is 311 g/mol. The van der Waals surface area contributed by atoms with E-state index in [1.165, 1.54) is 38.8 Å². The van der Waals surface area contributed by atoms with E-state index >= 15 is 0 Å². The van der Waals surface area contributed by atoms with Crippen LogP contribution in [-0.2, 0) is 0 Å². The number of hydrogen-bond acceptors (Lipinski definition) is 2. The van der Waals surface area contributed by atoms with Crippen molar-refractivity contribution in [1.29, 1.82) is 0 Å². The van der Waals surface area contributed by atoms with Gasteiger partial charge in [0.05, 0.1) is 6.61 Å². The molecule has 0 aliphatic carbocycles. The van der Waals surface area contributed by atoms with Gasteiger partial charge in [0.1, 0.15) is 5.75 Å². The van der Waals surface area contributed by atoms with Crippen molar-refractivity contribution in [2.75, 3.05) is 19.7 Å². The lowest BCUT2D eigenvalue weighted by atomic mass is 9.93. The average Bonchev–Trinajstić information content (AvgIpc) is 2.40. The summed E-state index contributed by atoms with van der Waals surface area (Å²) in [7, 11) is 0. The van der Waals surface area contributed by atoms with Gasteiger partial charge >= 0.3 is 0 Å². The van der Waals surface area contributed by atoms with Crippen molar-refractivity contribution in [2.24, 2.45) is 5.92 Å². The summed E-state index contributed by atoms with van der Waals surface area (Å²) in [4.78, 5) is 0. The molecule has 0 amide bonds. The van der Waals surface area contributed by atoms with Gasteiger partial charge in [0.2, 0.25) is 0 Å². The molecule has 1 aromatic carbocycles. The molecule has 1 aliphatic heterocycles. The summed E-state index contributed by atoms with van der Waals surface area (Å²) in [6.07, 6.45) is 6.53. The molecule has 2 nitrogen and oxygen atoms in total. The molecule has 1 N–H and O–H groups in total. The molecule has 2 rings (SSSR count). The second-order valence-electron chi connectivity index (χ2n) is 4.99. The van der Waals surface area contributed by atoms with Crippen molar-refractivity contribution < 1.29 is 4.74 Å². The fraction of sp³-hybridized carbons (Fsp3) is 0.600. The first-order valence-corrected chi connectivity index (χ1v) is 7.73. The molecule has 0 aromatic heterocycles. The van der Waals surface area contributed by atoms with Gasteiger partial charge in [-0.1, -0.05) is 28.4 Å². The topological polar surface area (TPSA) is 21.3 Å². The lowest BCUT2D eigenvalue weighted by Crippen LogP contribution is -2.27. The zero-order valence-corrected chi connectivity index (χ0v) is 12.4. The van der Waals surface area contributed by atoms with Crippen LogP contribution in [0.25, 0.3) is 0 Å². The second kappa shape index (κ2) is 7.80. The molecular weight excluding hydrogens is 290 g/mol. The van der Waals surface area contributed by atoms with Crippen LogP contribution in [0, 0.1) is 5.92 Å². The van der Waals surface area contributed by atoms with E-state index in [2.05, 4.69) is 21.2 Å². The summed E-state index contributed by atoms with van der Waals surface area (Å²) in [6.45, 7) is 3.25. The van der Waals surface area contributed by atoms with E-state index in [-0.39, 0.29) is 0 Å². The predicted octanol–water partition coefficient (Wildman–Crippen LogP) is 4.00. The van der Waals surface area contributed by atoms with Crippen LogP contribution >= 0.6 is 15.9 Å². The standard InChI is InChI=1S/C15H22BrNO/c16-14-5-3-6-15(12-14)18-11-2-1-4-13-7-9-17-10-8-13/h3,5-6,12-13,17H,1-2,4,7-11H2. The van der Waals surface area contributed by atoms with Crippen LogP contribution in [0.5, 0.6) is 5.75 Å². The minimum atomic E-state index is 0.835. The van der Waals surface area contributed by atoms with E-state index in [9.17, 15) is 0 Å². The number of rotatable bonds is 6. The molecule has 0 unspecified atom stereocenters. The Morgan fingerprint density at radius 3 is 2.83 bits per heavy atom. The third kappa shape index (κ3) is 4.99. The average molecular weight is 312 g/mol. The number of benzene rings is 1. The first-order valence-electron chi connectivity index (χ1n) is 6.94. The van der Waals surface area contributed by atoms with E-state index in [1.807, 2.05) is 24.3 Å². The Labute approximate surface area is 118 Å². The predicted molar refractivity (Wildman–Crippen MR) is 79.1 cm³/mol. The molecule has 0 bridgehead atoms. The van der Waals surface area contributed by atoms with Gasteiger partial charge in [0, 0.05) is 4.47 Å². The van der Waals surface area contributed by atoms with Crippen LogP contribution in [0.15, 0.2) is 28.7 Å². The third-order valence-electron chi connectivity index (χ3n) is 3.53. The van der Waals surface area contributed by atoms with Gasteiger partial charge < -0.3 is 10.1 Å². The summed E-state index contributed by atoms with van der Waals surface area (Å²) >= 11 is 3.45. The highest BCUT2D eigenvalue weighted by atomic mass is 79.9. The number of unbranched alkanes of at least 4 members (excludes halogenated alkanes) is 1. The minimum absolute atomic E-state index is 0.835. The first kappa shape index (κ1) is 13.9. The zero-order valence-electron chi connectivity index (χ0n) is 10.8. The van der Waals surface area contributed by atoms with Gasteiger partial charge in [0.25, 0.3) is 0 Å². The van der Waals surface area contributed by atoms with E-state index in [0.717, 1.165) is 29.2 Å². The summed E-state index contributed by atoms with van der Waals surface area (Å²) in [5, 5.41) is 3.41. The Kier molecular flexibility index (Phi) is 6.01. The number of nitrogens with one attached hydrogen (secondary N) is 1. The Morgan fingerprint density at radius 2 is 2.06 bits per heavy atom. The Balaban J connectivity index is 1.55. The van der Waals surface area contributed by atoms with E-state index in [1.54, 1.807) is 0 Å². The van der Waals surface area contributed by atoms with Crippen molar-refractivity contribution in [3.63, 3.8) is 0 Å². The van der Waals surface area contributed by atoms with Crippen LogP contribution in [0.4, 0.5) is 0 Å². The number of piperidine rings is 1. The molecule has 0 spiro atoms. The molecular formula is C15H22BrNO. The zero-order chi connectivity index (χ0) is 12.6. The smallest absolute Gasteiger partial charge is 0.120 e. The maximum Gasteiger partial charge on any atom is 0.120 e. The van der Waals surface area contributed by atoms with Gasteiger partial charge in [0.15, 0.2) is 0 Å².